The van der Waals surface area contributed by atoms with Crippen molar-refractivity contribution < 1.29 is 5.11 Å². The third-order valence-electron chi connectivity index (χ3n) is 2.96. The van der Waals surface area contributed by atoms with E-state index in [1.165, 1.54) is 5.57 Å². The van der Waals surface area contributed by atoms with Crippen molar-refractivity contribution in [3.05, 3.63) is 36.4 Å². The van der Waals surface area contributed by atoms with E-state index < -0.39 is 0 Å². The fourth-order valence-corrected chi connectivity index (χ4v) is 1.99. The molecule has 80 valence electrons. The molecule has 0 bridgehead atoms. The van der Waals surface area contributed by atoms with Crippen molar-refractivity contribution >= 4 is 5.69 Å². The molecule has 15 heavy (non-hydrogen) atoms. The number of hydrogen-bond acceptors (Lipinski definition) is 2. The molecule has 1 fully saturated rings. The van der Waals surface area contributed by atoms with E-state index in [0.29, 0.717) is 11.8 Å². The summed E-state index contributed by atoms with van der Waals surface area (Å²) < 4.78 is 0. The minimum absolute atomic E-state index is 0.335. The first-order valence-electron chi connectivity index (χ1n) is 5.47. The molecule has 1 aliphatic rings. The van der Waals surface area contributed by atoms with Gasteiger partial charge in [-0.25, -0.2) is 0 Å². The number of anilines is 1. The molecule has 2 N–H and O–H groups in total. The van der Waals surface area contributed by atoms with Gasteiger partial charge < -0.3 is 10.4 Å². The van der Waals surface area contributed by atoms with Crippen molar-refractivity contribution in [3.63, 3.8) is 0 Å². The number of nitrogens with one attached hydrogen (secondary N) is 1. The zero-order chi connectivity index (χ0) is 10.7. The smallest absolute Gasteiger partial charge is 0.138 e. The highest BCUT2D eigenvalue weighted by Crippen LogP contribution is 2.28. The van der Waals surface area contributed by atoms with Gasteiger partial charge in [0.1, 0.15) is 5.75 Å². The summed E-state index contributed by atoms with van der Waals surface area (Å²) in [5.74, 6) is 0.335. The fourth-order valence-electron chi connectivity index (χ4n) is 1.99. The molecule has 2 nitrogen and oxygen atoms in total. The Morgan fingerprint density at radius 2 is 1.87 bits per heavy atom. The van der Waals surface area contributed by atoms with E-state index in [9.17, 15) is 5.11 Å². The van der Waals surface area contributed by atoms with Crippen LogP contribution in [0.4, 0.5) is 5.69 Å². The Kier molecular flexibility index (Phi) is 2.95. The molecule has 0 radical (unpaired) electrons. The number of phenols is 1. The van der Waals surface area contributed by atoms with Gasteiger partial charge in [0.2, 0.25) is 0 Å². The minimum atomic E-state index is 0.335. The van der Waals surface area contributed by atoms with Gasteiger partial charge in [-0.05, 0) is 37.8 Å². The molecule has 0 unspecified atom stereocenters. The summed E-state index contributed by atoms with van der Waals surface area (Å²) in [6.45, 7) is 4.00. The van der Waals surface area contributed by atoms with E-state index in [-0.39, 0.29) is 0 Å². The predicted molar refractivity (Wildman–Crippen MR) is 63.1 cm³/mol. The second kappa shape index (κ2) is 4.39. The molecular formula is C13H17NO. The maximum absolute atomic E-state index is 9.61. The third kappa shape index (κ3) is 2.52. The van der Waals surface area contributed by atoms with Crippen LogP contribution in [-0.2, 0) is 0 Å². The van der Waals surface area contributed by atoms with Gasteiger partial charge in [0.15, 0.2) is 0 Å². The maximum atomic E-state index is 9.61. The molecule has 2 heteroatoms. The highest BCUT2D eigenvalue weighted by Gasteiger charge is 2.15. The first kappa shape index (κ1) is 10.1. The van der Waals surface area contributed by atoms with E-state index in [1.807, 2.05) is 18.2 Å². The van der Waals surface area contributed by atoms with Crippen molar-refractivity contribution in [1.29, 1.82) is 0 Å². The maximum Gasteiger partial charge on any atom is 0.138 e. The van der Waals surface area contributed by atoms with Gasteiger partial charge in [-0.3, -0.25) is 0 Å². The molecule has 1 aromatic rings. The third-order valence-corrected chi connectivity index (χ3v) is 2.96. The molecular weight excluding hydrogens is 186 g/mol. The van der Waals surface area contributed by atoms with E-state index >= 15 is 0 Å². The van der Waals surface area contributed by atoms with Gasteiger partial charge in [-0.1, -0.05) is 24.3 Å². The van der Waals surface area contributed by atoms with Gasteiger partial charge in [-0.2, -0.15) is 0 Å². The van der Waals surface area contributed by atoms with Crippen LogP contribution in [0.1, 0.15) is 25.7 Å². The summed E-state index contributed by atoms with van der Waals surface area (Å²) in [4.78, 5) is 0. The average molecular weight is 203 g/mol. The number of aromatic hydroxyl groups is 1. The number of rotatable bonds is 2. The molecule has 2 rings (SSSR count). The van der Waals surface area contributed by atoms with Crippen LogP contribution < -0.4 is 5.32 Å². The van der Waals surface area contributed by atoms with Crippen LogP contribution in [0.5, 0.6) is 5.75 Å². The Morgan fingerprint density at radius 3 is 2.53 bits per heavy atom. The Morgan fingerprint density at radius 1 is 1.20 bits per heavy atom. The van der Waals surface area contributed by atoms with Crippen LogP contribution in [0.15, 0.2) is 36.4 Å². The van der Waals surface area contributed by atoms with E-state index in [0.717, 1.165) is 31.4 Å². The van der Waals surface area contributed by atoms with E-state index in [2.05, 4.69) is 11.9 Å². The highest BCUT2D eigenvalue weighted by molar-refractivity contribution is 5.55. The van der Waals surface area contributed by atoms with Crippen LogP contribution in [0.3, 0.4) is 0 Å². The monoisotopic (exact) mass is 203 g/mol. The van der Waals surface area contributed by atoms with E-state index in [4.69, 9.17) is 0 Å². The average Bonchev–Trinajstić information content (AvgIpc) is 2.25. The number of phenolic OH excluding ortho intramolecular Hbond substituents is 1. The molecule has 0 heterocycles. The van der Waals surface area contributed by atoms with Gasteiger partial charge >= 0.3 is 0 Å². The topological polar surface area (TPSA) is 32.3 Å². The zero-order valence-electron chi connectivity index (χ0n) is 8.87. The first-order valence-corrected chi connectivity index (χ1v) is 5.47. The molecule has 1 aliphatic carbocycles. The molecule has 0 spiro atoms. The number of benzene rings is 1. The lowest BCUT2D eigenvalue weighted by Gasteiger charge is -2.25. The van der Waals surface area contributed by atoms with Gasteiger partial charge in [0.05, 0.1) is 5.69 Å². The Bertz CT molecular complexity index is 349. The lowest BCUT2D eigenvalue weighted by molar-refractivity contribution is 0.473. The Hall–Kier alpha value is -1.44. The zero-order valence-corrected chi connectivity index (χ0v) is 8.87. The summed E-state index contributed by atoms with van der Waals surface area (Å²) in [5, 5.41) is 13.0. The van der Waals surface area contributed by atoms with Crippen LogP contribution in [0.25, 0.3) is 0 Å². The van der Waals surface area contributed by atoms with Crippen molar-refractivity contribution in [2.24, 2.45) is 0 Å². The predicted octanol–water partition coefficient (Wildman–Crippen LogP) is 3.30. The highest BCUT2D eigenvalue weighted by atomic mass is 16.3. The van der Waals surface area contributed by atoms with Crippen molar-refractivity contribution in [1.82, 2.24) is 0 Å². The lowest BCUT2D eigenvalue weighted by atomic mass is 9.92. The van der Waals surface area contributed by atoms with Gasteiger partial charge in [0.25, 0.3) is 0 Å². The number of allylic oxidation sites excluding steroid dienone is 1. The van der Waals surface area contributed by atoms with Crippen molar-refractivity contribution in [2.75, 3.05) is 5.32 Å². The molecule has 0 atom stereocenters. The standard InChI is InChI=1S/C13H17NO/c1-10-6-8-11(9-7-10)14-12-4-2-3-5-13(12)15/h2-5,11,14-15H,1,6-9H2. The second-order valence-corrected chi connectivity index (χ2v) is 4.19. The number of para-hydroxylation sites is 2. The summed E-state index contributed by atoms with van der Waals surface area (Å²) in [5.41, 5.74) is 2.19. The molecule has 1 aromatic carbocycles. The second-order valence-electron chi connectivity index (χ2n) is 4.19. The molecule has 0 saturated heterocycles. The molecule has 0 amide bonds. The van der Waals surface area contributed by atoms with E-state index in [1.54, 1.807) is 6.07 Å². The Labute approximate surface area is 90.6 Å². The summed E-state index contributed by atoms with van der Waals surface area (Å²) in [6, 6.07) is 7.87. The quantitative estimate of drug-likeness (QED) is 0.571. The largest absolute Gasteiger partial charge is 0.506 e. The van der Waals surface area contributed by atoms with Crippen LogP contribution >= 0.6 is 0 Å². The van der Waals surface area contributed by atoms with Crippen molar-refractivity contribution in [3.8, 4) is 5.75 Å². The first-order chi connectivity index (χ1) is 7.25. The molecule has 0 aliphatic heterocycles. The molecule has 1 saturated carbocycles. The minimum Gasteiger partial charge on any atom is -0.506 e. The fraction of sp³-hybridized carbons (Fsp3) is 0.385. The van der Waals surface area contributed by atoms with Gasteiger partial charge in [-0.15, -0.1) is 0 Å². The van der Waals surface area contributed by atoms with Crippen LogP contribution in [-0.4, -0.2) is 11.1 Å². The summed E-state index contributed by atoms with van der Waals surface area (Å²) >= 11 is 0. The lowest BCUT2D eigenvalue weighted by Crippen LogP contribution is -2.22. The Balaban J connectivity index is 1.97. The van der Waals surface area contributed by atoms with Crippen LogP contribution in [0, 0.1) is 0 Å². The summed E-state index contributed by atoms with van der Waals surface area (Å²) in [7, 11) is 0. The number of hydrogen-bond donors (Lipinski definition) is 2. The summed E-state index contributed by atoms with van der Waals surface area (Å²) in [6.07, 6.45) is 4.44. The normalized spacial score (nSPS) is 17.7. The molecule has 0 aromatic heterocycles. The SMILES string of the molecule is C=C1CCC(Nc2ccccc2O)CC1. The van der Waals surface area contributed by atoms with Gasteiger partial charge in [0, 0.05) is 6.04 Å². The van der Waals surface area contributed by atoms with Crippen molar-refractivity contribution in [2.45, 2.75) is 31.7 Å². The van der Waals surface area contributed by atoms with Crippen LogP contribution in [0.2, 0.25) is 0 Å².